The highest BCUT2D eigenvalue weighted by Gasteiger charge is 2.16. The van der Waals surface area contributed by atoms with Gasteiger partial charge in [-0.05, 0) is 26.7 Å². The van der Waals surface area contributed by atoms with Crippen LogP contribution in [-0.2, 0) is 0 Å². The van der Waals surface area contributed by atoms with Gasteiger partial charge in [0.2, 0.25) is 0 Å². The van der Waals surface area contributed by atoms with Gasteiger partial charge in [-0.1, -0.05) is 30.6 Å². The van der Waals surface area contributed by atoms with Gasteiger partial charge in [0.1, 0.15) is 0 Å². The fourth-order valence-corrected chi connectivity index (χ4v) is 3.91. The molecule has 5 heteroatoms. The van der Waals surface area contributed by atoms with Crippen molar-refractivity contribution in [2.45, 2.75) is 52.0 Å². The van der Waals surface area contributed by atoms with Crippen LogP contribution < -0.4 is 14.8 Å². The van der Waals surface area contributed by atoms with Gasteiger partial charge >= 0.3 is 0 Å². The molecular weight excluding hydrogens is 296 g/mol. The van der Waals surface area contributed by atoms with Gasteiger partial charge in [-0.2, -0.15) is 0 Å². The first-order chi connectivity index (χ1) is 10.8. The maximum atomic E-state index is 5.69. The molecule has 1 aliphatic rings. The van der Waals surface area contributed by atoms with Gasteiger partial charge in [-0.3, -0.25) is 0 Å². The van der Waals surface area contributed by atoms with Gasteiger partial charge in [-0.15, -0.1) is 0 Å². The van der Waals surface area contributed by atoms with E-state index in [0.29, 0.717) is 19.3 Å². The normalized spacial score (nSPS) is 15.9. The number of hydrogen-bond acceptors (Lipinski definition) is 5. The molecule has 0 aliphatic heterocycles. The molecule has 1 aromatic carbocycles. The third kappa shape index (κ3) is 3.46. The SMILES string of the molecule is CCOc1cc2nc(NC3CCCCC3)sc2cc1OCC. The summed E-state index contributed by atoms with van der Waals surface area (Å²) in [6.45, 7) is 5.24. The Hall–Kier alpha value is -1.49. The van der Waals surface area contributed by atoms with Crippen LogP contribution in [0, 0.1) is 0 Å². The molecule has 1 N–H and O–H groups in total. The number of aromatic nitrogens is 1. The molecule has 0 amide bonds. The molecule has 4 nitrogen and oxygen atoms in total. The standard InChI is InChI=1S/C17H24N2O2S/c1-3-20-14-10-13-16(11-15(14)21-4-2)22-17(19-13)18-12-8-6-5-7-9-12/h10-12H,3-9H2,1-2H3,(H,18,19). The van der Waals surface area contributed by atoms with Gasteiger partial charge in [-0.25, -0.2) is 4.98 Å². The molecule has 0 radical (unpaired) electrons. The minimum atomic E-state index is 0.576. The molecule has 0 saturated heterocycles. The second kappa shape index (κ2) is 7.18. The minimum absolute atomic E-state index is 0.576. The van der Waals surface area contributed by atoms with Crippen molar-refractivity contribution in [1.29, 1.82) is 0 Å². The number of fused-ring (bicyclic) bond motifs is 1. The summed E-state index contributed by atoms with van der Waals surface area (Å²) in [5, 5.41) is 4.61. The van der Waals surface area contributed by atoms with Crippen LogP contribution in [0.5, 0.6) is 11.5 Å². The molecule has 0 unspecified atom stereocenters. The van der Waals surface area contributed by atoms with Gasteiger partial charge < -0.3 is 14.8 Å². The van der Waals surface area contributed by atoms with Crippen LogP contribution in [0.4, 0.5) is 5.13 Å². The van der Waals surface area contributed by atoms with Crippen LogP contribution in [0.1, 0.15) is 46.0 Å². The van der Waals surface area contributed by atoms with Gasteiger partial charge in [0.05, 0.1) is 23.4 Å². The predicted octanol–water partition coefficient (Wildman–Crippen LogP) is 4.84. The summed E-state index contributed by atoms with van der Waals surface area (Å²) in [6.07, 6.45) is 6.53. The summed E-state index contributed by atoms with van der Waals surface area (Å²) in [4.78, 5) is 4.72. The molecule has 2 aromatic rings. The van der Waals surface area contributed by atoms with Crippen LogP contribution in [0.15, 0.2) is 12.1 Å². The van der Waals surface area contributed by atoms with E-state index in [-0.39, 0.29) is 0 Å². The lowest BCUT2D eigenvalue weighted by Crippen LogP contribution is -2.21. The monoisotopic (exact) mass is 320 g/mol. The van der Waals surface area contributed by atoms with E-state index in [2.05, 4.69) is 5.32 Å². The number of anilines is 1. The molecular formula is C17H24N2O2S. The molecule has 1 saturated carbocycles. The van der Waals surface area contributed by atoms with Gasteiger partial charge in [0.15, 0.2) is 16.6 Å². The zero-order chi connectivity index (χ0) is 15.4. The van der Waals surface area contributed by atoms with E-state index >= 15 is 0 Å². The quantitative estimate of drug-likeness (QED) is 0.827. The van der Waals surface area contributed by atoms with Crippen LogP contribution in [0.3, 0.4) is 0 Å². The van der Waals surface area contributed by atoms with Gasteiger partial charge in [0, 0.05) is 18.2 Å². The first-order valence-electron chi connectivity index (χ1n) is 8.27. The average molecular weight is 320 g/mol. The van der Waals surface area contributed by atoms with Crippen molar-refractivity contribution in [3.05, 3.63) is 12.1 Å². The Labute approximate surface area is 135 Å². The molecule has 0 atom stereocenters. The molecule has 22 heavy (non-hydrogen) atoms. The maximum Gasteiger partial charge on any atom is 0.184 e. The van der Waals surface area contributed by atoms with E-state index in [1.165, 1.54) is 32.1 Å². The number of nitrogens with one attached hydrogen (secondary N) is 1. The summed E-state index contributed by atoms with van der Waals surface area (Å²) in [6, 6.07) is 4.62. The molecule has 1 fully saturated rings. The smallest absolute Gasteiger partial charge is 0.184 e. The highest BCUT2D eigenvalue weighted by atomic mass is 32.1. The fourth-order valence-electron chi connectivity index (χ4n) is 2.96. The highest BCUT2D eigenvalue weighted by molar-refractivity contribution is 7.22. The van der Waals surface area contributed by atoms with Crippen molar-refractivity contribution in [2.75, 3.05) is 18.5 Å². The minimum Gasteiger partial charge on any atom is -0.490 e. The van der Waals surface area contributed by atoms with E-state index in [1.54, 1.807) is 11.3 Å². The number of rotatable bonds is 6. The Bertz CT molecular complexity index is 577. The Balaban J connectivity index is 1.84. The number of thiazole rings is 1. The topological polar surface area (TPSA) is 43.4 Å². The third-order valence-corrected chi connectivity index (χ3v) is 4.94. The van der Waals surface area contributed by atoms with Crippen molar-refractivity contribution in [3.8, 4) is 11.5 Å². The van der Waals surface area contributed by atoms with E-state index < -0.39 is 0 Å². The lowest BCUT2D eigenvalue weighted by atomic mass is 9.96. The second-order valence-electron chi connectivity index (χ2n) is 5.63. The molecule has 1 heterocycles. The Morgan fingerprint density at radius 1 is 1.09 bits per heavy atom. The summed E-state index contributed by atoms with van der Waals surface area (Å²) < 4.78 is 12.5. The zero-order valence-electron chi connectivity index (χ0n) is 13.4. The third-order valence-electron chi connectivity index (χ3n) is 3.99. The van der Waals surface area contributed by atoms with Crippen molar-refractivity contribution in [2.24, 2.45) is 0 Å². The first kappa shape index (κ1) is 15.4. The summed E-state index contributed by atoms with van der Waals surface area (Å²) in [5.41, 5.74) is 0.982. The van der Waals surface area contributed by atoms with E-state index in [1.807, 2.05) is 26.0 Å². The van der Waals surface area contributed by atoms with Crippen LogP contribution >= 0.6 is 11.3 Å². The Morgan fingerprint density at radius 3 is 2.45 bits per heavy atom. The maximum absolute atomic E-state index is 5.69. The van der Waals surface area contributed by atoms with E-state index in [0.717, 1.165) is 26.8 Å². The summed E-state index contributed by atoms with van der Waals surface area (Å²) >= 11 is 1.70. The van der Waals surface area contributed by atoms with Crippen molar-refractivity contribution < 1.29 is 9.47 Å². The molecule has 120 valence electrons. The molecule has 0 bridgehead atoms. The second-order valence-corrected chi connectivity index (χ2v) is 6.66. The molecule has 0 spiro atoms. The summed E-state index contributed by atoms with van der Waals surface area (Å²) in [7, 11) is 0. The largest absolute Gasteiger partial charge is 0.490 e. The van der Waals surface area contributed by atoms with Crippen LogP contribution in [0.2, 0.25) is 0 Å². The average Bonchev–Trinajstić information content (AvgIpc) is 2.90. The van der Waals surface area contributed by atoms with E-state index in [9.17, 15) is 0 Å². The number of ether oxygens (including phenoxy) is 2. The van der Waals surface area contributed by atoms with Crippen LogP contribution in [-0.4, -0.2) is 24.2 Å². The number of benzene rings is 1. The number of hydrogen-bond donors (Lipinski definition) is 1. The molecule has 3 rings (SSSR count). The molecule has 1 aromatic heterocycles. The lowest BCUT2D eigenvalue weighted by molar-refractivity contribution is 0.288. The fraction of sp³-hybridized carbons (Fsp3) is 0.588. The zero-order valence-corrected chi connectivity index (χ0v) is 14.2. The first-order valence-corrected chi connectivity index (χ1v) is 9.08. The number of nitrogens with zero attached hydrogens (tertiary/aromatic N) is 1. The van der Waals surface area contributed by atoms with Crippen molar-refractivity contribution in [3.63, 3.8) is 0 Å². The lowest BCUT2D eigenvalue weighted by Gasteiger charge is -2.22. The summed E-state index contributed by atoms with van der Waals surface area (Å²) in [5.74, 6) is 1.59. The van der Waals surface area contributed by atoms with E-state index in [4.69, 9.17) is 14.5 Å². The predicted molar refractivity (Wildman–Crippen MR) is 92.5 cm³/mol. The van der Waals surface area contributed by atoms with Crippen molar-refractivity contribution >= 4 is 26.7 Å². The van der Waals surface area contributed by atoms with Crippen LogP contribution in [0.25, 0.3) is 10.2 Å². The Morgan fingerprint density at radius 2 is 1.77 bits per heavy atom. The highest BCUT2D eigenvalue weighted by Crippen LogP contribution is 2.37. The van der Waals surface area contributed by atoms with Crippen molar-refractivity contribution in [1.82, 2.24) is 4.98 Å². The Kier molecular flexibility index (Phi) is 5.03. The molecule has 1 aliphatic carbocycles. The van der Waals surface area contributed by atoms with Gasteiger partial charge in [0.25, 0.3) is 0 Å².